The smallest absolute Gasteiger partial charge is 0.120 e. The quantitative estimate of drug-likeness (QED) is 0.701. The standard InChI is InChI=1S/C27H36N2O/c1-27(2,30)17-13-24-9-11-25(12-10-24)21-29(20-16-23-7-5-4-6-8-23)22-26-14-18-28(3)19-15-26/h4-12,26,30H,14-16,18-22H2,1-3H3. The van der Waals surface area contributed by atoms with E-state index >= 15 is 0 Å². The Hall–Kier alpha value is -2.12. The molecule has 1 N–H and O–H groups in total. The molecule has 3 heteroatoms. The summed E-state index contributed by atoms with van der Waals surface area (Å²) in [5.41, 5.74) is 2.72. The lowest BCUT2D eigenvalue weighted by Gasteiger charge is -2.33. The number of hydrogen-bond donors (Lipinski definition) is 1. The zero-order valence-corrected chi connectivity index (χ0v) is 18.8. The maximum atomic E-state index is 9.79. The summed E-state index contributed by atoms with van der Waals surface area (Å²) in [5, 5.41) is 9.79. The topological polar surface area (TPSA) is 26.7 Å². The second-order valence-electron chi connectivity index (χ2n) is 9.22. The summed E-state index contributed by atoms with van der Waals surface area (Å²) in [5.74, 6) is 6.74. The Labute approximate surface area is 182 Å². The molecule has 3 rings (SSSR count). The van der Waals surface area contributed by atoms with E-state index in [9.17, 15) is 5.11 Å². The molecule has 160 valence electrons. The first-order valence-corrected chi connectivity index (χ1v) is 11.2. The van der Waals surface area contributed by atoms with Crippen molar-refractivity contribution in [1.82, 2.24) is 9.80 Å². The maximum Gasteiger partial charge on any atom is 0.120 e. The van der Waals surface area contributed by atoms with Crippen molar-refractivity contribution in [2.24, 2.45) is 5.92 Å². The number of piperidine rings is 1. The molecule has 30 heavy (non-hydrogen) atoms. The zero-order chi connectivity index (χ0) is 21.4. The van der Waals surface area contributed by atoms with Gasteiger partial charge in [-0.15, -0.1) is 0 Å². The SMILES string of the molecule is CN1CCC(CN(CCc2ccccc2)Cc2ccc(C#CC(C)(C)O)cc2)CC1. The second-order valence-corrected chi connectivity index (χ2v) is 9.22. The predicted octanol–water partition coefficient (Wildman–Crippen LogP) is 4.20. The Morgan fingerprint density at radius 3 is 2.30 bits per heavy atom. The minimum Gasteiger partial charge on any atom is -0.378 e. The normalized spacial score (nSPS) is 15.8. The van der Waals surface area contributed by atoms with Crippen molar-refractivity contribution < 1.29 is 5.11 Å². The van der Waals surface area contributed by atoms with Crippen molar-refractivity contribution in [2.75, 3.05) is 33.2 Å². The third kappa shape index (κ3) is 7.95. The van der Waals surface area contributed by atoms with Gasteiger partial charge in [0.1, 0.15) is 5.60 Å². The van der Waals surface area contributed by atoms with E-state index in [-0.39, 0.29) is 0 Å². The molecular formula is C27H36N2O. The van der Waals surface area contributed by atoms with E-state index in [1.807, 2.05) is 0 Å². The van der Waals surface area contributed by atoms with E-state index in [0.717, 1.165) is 31.0 Å². The van der Waals surface area contributed by atoms with Crippen LogP contribution in [0.2, 0.25) is 0 Å². The van der Waals surface area contributed by atoms with Gasteiger partial charge < -0.3 is 10.0 Å². The zero-order valence-electron chi connectivity index (χ0n) is 18.8. The van der Waals surface area contributed by atoms with Crippen molar-refractivity contribution in [3.63, 3.8) is 0 Å². The highest BCUT2D eigenvalue weighted by Crippen LogP contribution is 2.19. The Morgan fingerprint density at radius 2 is 1.67 bits per heavy atom. The molecule has 0 aliphatic carbocycles. The van der Waals surface area contributed by atoms with Gasteiger partial charge in [0.25, 0.3) is 0 Å². The molecule has 0 bridgehead atoms. The van der Waals surface area contributed by atoms with Crippen LogP contribution in [-0.4, -0.2) is 53.7 Å². The van der Waals surface area contributed by atoms with Crippen molar-refractivity contribution in [3.8, 4) is 11.8 Å². The minimum atomic E-state index is -0.957. The molecule has 0 atom stereocenters. The Balaban J connectivity index is 1.63. The molecule has 0 unspecified atom stereocenters. The molecule has 1 fully saturated rings. The van der Waals surface area contributed by atoms with Crippen LogP contribution in [0.4, 0.5) is 0 Å². The average molecular weight is 405 g/mol. The lowest BCUT2D eigenvalue weighted by Crippen LogP contribution is -2.37. The summed E-state index contributed by atoms with van der Waals surface area (Å²) in [6, 6.07) is 19.3. The summed E-state index contributed by atoms with van der Waals surface area (Å²) < 4.78 is 0. The number of hydrogen-bond acceptors (Lipinski definition) is 3. The summed E-state index contributed by atoms with van der Waals surface area (Å²) in [7, 11) is 2.23. The summed E-state index contributed by atoms with van der Waals surface area (Å²) >= 11 is 0. The highest BCUT2D eigenvalue weighted by Gasteiger charge is 2.19. The third-order valence-electron chi connectivity index (χ3n) is 5.79. The van der Waals surface area contributed by atoms with Crippen LogP contribution in [0, 0.1) is 17.8 Å². The molecular weight excluding hydrogens is 368 g/mol. The van der Waals surface area contributed by atoms with Crippen molar-refractivity contribution >= 4 is 0 Å². The van der Waals surface area contributed by atoms with Crippen LogP contribution in [0.15, 0.2) is 54.6 Å². The fourth-order valence-electron chi connectivity index (χ4n) is 3.95. The maximum absolute atomic E-state index is 9.79. The third-order valence-corrected chi connectivity index (χ3v) is 5.79. The molecule has 1 aliphatic heterocycles. The fraction of sp³-hybridized carbons (Fsp3) is 0.481. The van der Waals surface area contributed by atoms with Crippen molar-refractivity contribution in [3.05, 3.63) is 71.3 Å². The number of aliphatic hydroxyl groups is 1. The van der Waals surface area contributed by atoms with Gasteiger partial charge in [0.05, 0.1) is 0 Å². The Bertz CT molecular complexity index is 819. The van der Waals surface area contributed by atoms with Gasteiger partial charge in [-0.05, 0) is 82.4 Å². The Morgan fingerprint density at radius 1 is 1.00 bits per heavy atom. The van der Waals surface area contributed by atoms with Gasteiger partial charge in [0, 0.05) is 25.2 Å². The lowest BCUT2D eigenvalue weighted by molar-refractivity contribution is 0.143. The van der Waals surface area contributed by atoms with E-state index in [1.54, 1.807) is 13.8 Å². The van der Waals surface area contributed by atoms with Crippen LogP contribution >= 0.6 is 0 Å². The first-order valence-electron chi connectivity index (χ1n) is 11.2. The fourth-order valence-corrected chi connectivity index (χ4v) is 3.95. The molecule has 0 spiro atoms. The number of benzene rings is 2. The molecule has 0 saturated carbocycles. The highest BCUT2D eigenvalue weighted by molar-refractivity contribution is 5.37. The first kappa shape index (κ1) is 22.6. The molecule has 2 aromatic rings. The lowest BCUT2D eigenvalue weighted by atomic mass is 9.96. The van der Waals surface area contributed by atoms with E-state index < -0.39 is 5.60 Å². The van der Waals surface area contributed by atoms with E-state index in [0.29, 0.717) is 0 Å². The van der Waals surface area contributed by atoms with Crippen LogP contribution in [0.1, 0.15) is 43.4 Å². The van der Waals surface area contributed by atoms with Gasteiger partial charge >= 0.3 is 0 Å². The molecule has 1 heterocycles. The van der Waals surface area contributed by atoms with Gasteiger partial charge in [0.2, 0.25) is 0 Å². The molecule has 1 saturated heterocycles. The van der Waals surface area contributed by atoms with Crippen LogP contribution < -0.4 is 0 Å². The van der Waals surface area contributed by atoms with Gasteiger partial charge in [-0.25, -0.2) is 0 Å². The number of likely N-dealkylation sites (tertiary alicyclic amines) is 1. The van der Waals surface area contributed by atoms with Gasteiger partial charge in [-0.2, -0.15) is 0 Å². The first-order chi connectivity index (χ1) is 14.4. The van der Waals surface area contributed by atoms with Gasteiger partial charge in [-0.3, -0.25) is 4.90 Å². The van der Waals surface area contributed by atoms with Crippen LogP contribution in [0.25, 0.3) is 0 Å². The molecule has 0 radical (unpaired) electrons. The molecule has 3 nitrogen and oxygen atoms in total. The van der Waals surface area contributed by atoms with E-state index in [4.69, 9.17) is 0 Å². The second kappa shape index (κ2) is 10.8. The summed E-state index contributed by atoms with van der Waals surface area (Å²) in [6.07, 6.45) is 3.68. The molecule has 2 aromatic carbocycles. The van der Waals surface area contributed by atoms with Gasteiger partial charge in [0.15, 0.2) is 0 Å². The number of rotatable bonds is 7. The minimum absolute atomic E-state index is 0.786. The molecule has 1 aliphatic rings. The monoisotopic (exact) mass is 404 g/mol. The van der Waals surface area contributed by atoms with E-state index in [1.165, 1.54) is 43.6 Å². The highest BCUT2D eigenvalue weighted by atomic mass is 16.3. The molecule has 0 aromatic heterocycles. The van der Waals surface area contributed by atoms with Crippen LogP contribution in [-0.2, 0) is 13.0 Å². The summed E-state index contributed by atoms with van der Waals surface area (Å²) in [4.78, 5) is 5.07. The predicted molar refractivity (Wildman–Crippen MR) is 125 cm³/mol. The van der Waals surface area contributed by atoms with E-state index in [2.05, 4.69) is 83.3 Å². The Kier molecular flexibility index (Phi) is 8.10. The van der Waals surface area contributed by atoms with Crippen molar-refractivity contribution in [2.45, 2.75) is 45.3 Å². The summed E-state index contributed by atoms with van der Waals surface area (Å²) in [6.45, 7) is 9.07. The van der Waals surface area contributed by atoms with Crippen LogP contribution in [0.3, 0.4) is 0 Å². The van der Waals surface area contributed by atoms with Gasteiger partial charge in [-0.1, -0.05) is 54.3 Å². The molecule has 0 amide bonds. The largest absolute Gasteiger partial charge is 0.378 e. The van der Waals surface area contributed by atoms with Crippen molar-refractivity contribution in [1.29, 1.82) is 0 Å². The van der Waals surface area contributed by atoms with Crippen LogP contribution in [0.5, 0.6) is 0 Å². The number of nitrogens with zero attached hydrogens (tertiary/aromatic N) is 2. The average Bonchev–Trinajstić information content (AvgIpc) is 2.73.